The van der Waals surface area contributed by atoms with Gasteiger partial charge in [0.2, 0.25) is 5.91 Å². The molecule has 7 heteroatoms. The fraction of sp³-hybridized carbons (Fsp3) is 0.200. The number of hydrogen-bond donors (Lipinski definition) is 1. The van der Waals surface area contributed by atoms with Crippen LogP contribution in [-0.4, -0.2) is 27.8 Å². The number of carbonyl (C=O) groups is 1. The first kappa shape index (κ1) is 18.3. The summed E-state index contributed by atoms with van der Waals surface area (Å²) in [5.74, 6) is 0.371. The van der Waals surface area contributed by atoms with E-state index in [1.54, 1.807) is 44.4 Å². The summed E-state index contributed by atoms with van der Waals surface area (Å²) in [5.41, 5.74) is 2.29. The van der Waals surface area contributed by atoms with Gasteiger partial charge in [0.05, 0.1) is 19.0 Å². The maximum Gasteiger partial charge on any atom is 0.365 e. The van der Waals surface area contributed by atoms with Crippen molar-refractivity contribution >= 4 is 11.6 Å². The van der Waals surface area contributed by atoms with E-state index in [4.69, 9.17) is 4.74 Å². The van der Waals surface area contributed by atoms with Gasteiger partial charge in [-0.1, -0.05) is 12.1 Å². The second-order valence-corrected chi connectivity index (χ2v) is 6.13. The summed E-state index contributed by atoms with van der Waals surface area (Å²) in [7, 11) is 1.58. The van der Waals surface area contributed by atoms with Crippen LogP contribution in [-0.2, 0) is 4.79 Å². The summed E-state index contributed by atoms with van der Waals surface area (Å²) in [5, 5.41) is 6.91. The molecule has 0 spiro atoms. The summed E-state index contributed by atoms with van der Waals surface area (Å²) < 4.78 is 6.18. The molecule has 1 amide bonds. The smallest absolute Gasteiger partial charge is 0.365 e. The van der Waals surface area contributed by atoms with Crippen LogP contribution in [0.25, 0.3) is 11.3 Å². The van der Waals surface area contributed by atoms with E-state index in [0.29, 0.717) is 17.1 Å². The maximum atomic E-state index is 12.4. The van der Waals surface area contributed by atoms with E-state index < -0.39 is 11.7 Å². The third-order valence-corrected chi connectivity index (χ3v) is 4.13. The van der Waals surface area contributed by atoms with Crippen LogP contribution in [0.15, 0.2) is 59.5 Å². The van der Waals surface area contributed by atoms with Crippen molar-refractivity contribution < 1.29 is 9.53 Å². The minimum Gasteiger partial charge on any atom is -0.497 e. The van der Waals surface area contributed by atoms with Gasteiger partial charge in [0.25, 0.3) is 0 Å². The number of anilines is 1. The molecule has 1 N–H and O–H groups in total. The number of carbonyl (C=O) groups excluding carboxylic acids is 1. The van der Waals surface area contributed by atoms with E-state index in [0.717, 1.165) is 15.8 Å². The lowest BCUT2D eigenvalue weighted by Gasteiger charge is -2.14. The van der Waals surface area contributed by atoms with Gasteiger partial charge >= 0.3 is 5.69 Å². The Morgan fingerprint density at radius 1 is 1.19 bits per heavy atom. The Hall–Kier alpha value is -3.48. The molecule has 0 aliphatic rings. The number of benzene rings is 2. The number of methoxy groups -OCH3 is 1. The Labute approximate surface area is 156 Å². The predicted molar refractivity (Wildman–Crippen MR) is 103 cm³/mol. The molecule has 0 unspecified atom stereocenters. The van der Waals surface area contributed by atoms with Crippen molar-refractivity contribution in [1.82, 2.24) is 14.8 Å². The second kappa shape index (κ2) is 7.82. The third-order valence-electron chi connectivity index (χ3n) is 4.13. The van der Waals surface area contributed by atoms with Crippen molar-refractivity contribution in [2.24, 2.45) is 0 Å². The zero-order valence-electron chi connectivity index (χ0n) is 15.3. The maximum absolute atomic E-state index is 12.4. The van der Waals surface area contributed by atoms with Gasteiger partial charge in [0.15, 0.2) is 0 Å². The van der Waals surface area contributed by atoms with Crippen LogP contribution in [0.5, 0.6) is 5.75 Å². The molecule has 0 aliphatic carbocycles. The van der Waals surface area contributed by atoms with Crippen LogP contribution < -0.4 is 15.7 Å². The molecule has 27 heavy (non-hydrogen) atoms. The monoisotopic (exact) mass is 364 g/mol. The van der Waals surface area contributed by atoms with Crippen molar-refractivity contribution in [3.63, 3.8) is 0 Å². The van der Waals surface area contributed by atoms with E-state index >= 15 is 0 Å². The largest absolute Gasteiger partial charge is 0.497 e. The lowest BCUT2D eigenvalue weighted by molar-refractivity contribution is -0.119. The highest BCUT2D eigenvalue weighted by molar-refractivity contribution is 5.93. The lowest BCUT2D eigenvalue weighted by Crippen LogP contribution is -2.34. The number of nitrogens with zero attached hydrogens (tertiary/aromatic N) is 3. The van der Waals surface area contributed by atoms with Gasteiger partial charge in [0.1, 0.15) is 11.8 Å². The molecule has 0 radical (unpaired) electrons. The van der Waals surface area contributed by atoms with E-state index in [1.165, 1.54) is 6.20 Å². The zero-order valence-corrected chi connectivity index (χ0v) is 15.3. The highest BCUT2D eigenvalue weighted by Gasteiger charge is 2.18. The minimum atomic E-state index is -0.796. The van der Waals surface area contributed by atoms with Crippen molar-refractivity contribution in [3.8, 4) is 17.0 Å². The molecule has 7 nitrogen and oxygen atoms in total. The summed E-state index contributed by atoms with van der Waals surface area (Å²) in [6, 6.07) is 13.8. The number of amides is 1. The molecular formula is C20H20N4O3. The van der Waals surface area contributed by atoms with Gasteiger partial charge in [-0.3, -0.25) is 4.79 Å². The molecule has 3 rings (SSSR count). The van der Waals surface area contributed by atoms with Crippen LogP contribution in [0.4, 0.5) is 5.69 Å². The summed E-state index contributed by atoms with van der Waals surface area (Å²) in [4.78, 5) is 28.9. The zero-order chi connectivity index (χ0) is 19.4. The Kier molecular flexibility index (Phi) is 5.30. The van der Waals surface area contributed by atoms with Gasteiger partial charge in [-0.25, -0.2) is 9.48 Å². The van der Waals surface area contributed by atoms with Gasteiger partial charge in [-0.15, -0.1) is 0 Å². The topological polar surface area (TPSA) is 86.1 Å². The van der Waals surface area contributed by atoms with E-state index in [1.807, 2.05) is 25.1 Å². The quantitative estimate of drug-likeness (QED) is 0.752. The summed E-state index contributed by atoms with van der Waals surface area (Å²) >= 11 is 0. The van der Waals surface area contributed by atoms with Gasteiger partial charge in [-0.05, 0) is 55.8 Å². The molecule has 1 heterocycles. The van der Waals surface area contributed by atoms with Crippen molar-refractivity contribution in [1.29, 1.82) is 0 Å². The molecule has 3 aromatic rings. The first-order valence-electron chi connectivity index (χ1n) is 8.46. The van der Waals surface area contributed by atoms with Crippen molar-refractivity contribution in [3.05, 3.63) is 70.8 Å². The fourth-order valence-electron chi connectivity index (χ4n) is 2.60. The minimum absolute atomic E-state index is 0.339. The number of rotatable bonds is 5. The average molecular weight is 364 g/mol. The average Bonchev–Trinajstić information content (AvgIpc) is 2.67. The number of nitrogens with one attached hydrogen (secondary N) is 1. The van der Waals surface area contributed by atoms with E-state index in [2.05, 4.69) is 15.4 Å². The van der Waals surface area contributed by atoms with Crippen molar-refractivity contribution in [2.45, 2.75) is 19.9 Å². The normalized spacial score (nSPS) is 11.7. The molecule has 0 bridgehead atoms. The second-order valence-electron chi connectivity index (χ2n) is 6.13. The highest BCUT2D eigenvalue weighted by atomic mass is 16.5. The van der Waals surface area contributed by atoms with Gasteiger partial charge in [0, 0.05) is 11.3 Å². The number of aromatic nitrogens is 3. The first-order valence-corrected chi connectivity index (χ1v) is 8.46. The molecule has 0 saturated carbocycles. The molecule has 2 aromatic carbocycles. The Bertz CT molecular complexity index is 1010. The molecule has 0 saturated heterocycles. The Morgan fingerprint density at radius 3 is 2.56 bits per heavy atom. The molecule has 138 valence electrons. The SMILES string of the molecule is COc1ccc(-c2cnn([C@H](C)C(=O)Nc3cccc(C)c3)c(=O)n2)cc1. The number of ether oxygens (including phenoxy) is 1. The molecular weight excluding hydrogens is 344 g/mol. The summed E-state index contributed by atoms with van der Waals surface area (Å²) in [6.45, 7) is 3.54. The molecule has 1 atom stereocenters. The van der Waals surface area contributed by atoms with Crippen LogP contribution in [0.1, 0.15) is 18.5 Å². The first-order chi connectivity index (χ1) is 13.0. The van der Waals surface area contributed by atoms with Crippen LogP contribution in [0.2, 0.25) is 0 Å². The van der Waals surface area contributed by atoms with Crippen LogP contribution >= 0.6 is 0 Å². The molecule has 1 aromatic heterocycles. The molecule has 0 aliphatic heterocycles. The predicted octanol–water partition coefficient (Wildman–Crippen LogP) is 2.82. The fourth-order valence-corrected chi connectivity index (χ4v) is 2.60. The van der Waals surface area contributed by atoms with Crippen LogP contribution in [0.3, 0.4) is 0 Å². The Morgan fingerprint density at radius 2 is 1.93 bits per heavy atom. The van der Waals surface area contributed by atoms with Crippen molar-refractivity contribution in [2.75, 3.05) is 12.4 Å². The van der Waals surface area contributed by atoms with E-state index in [-0.39, 0.29) is 5.91 Å². The van der Waals surface area contributed by atoms with Crippen LogP contribution in [0, 0.1) is 6.92 Å². The highest BCUT2D eigenvalue weighted by Crippen LogP contribution is 2.19. The third kappa shape index (κ3) is 4.20. The standard InChI is InChI=1S/C20H20N4O3/c1-13-5-4-6-16(11-13)22-19(25)14(2)24-20(26)23-18(12-21-24)15-7-9-17(27-3)10-8-15/h4-12,14H,1-3H3,(H,22,25)/t14-/m1/s1. The van der Waals surface area contributed by atoms with Gasteiger partial charge < -0.3 is 10.1 Å². The molecule has 0 fully saturated rings. The number of hydrogen-bond acceptors (Lipinski definition) is 5. The Balaban J connectivity index is 1.79. The lowest BCUT2D eigenvalue weighted by atomic mass is 10.1. The summed E-state index contributed by atoms with van der Waals surface area (Å²) in [6.07, 6.45) is 1.47. The van der Waals surface area contributed by atoms with Gasteiger partial charge in [-0.2, -0.15) is 10.1 Å². The number of aryl methyl sites for hydroxylation is 1. The van der Waals surface area contributed by atoms with E-state index in [9.17, 15) is 9.59 Å².